The molecule has 8 nitrogen and oxygen atoms in total. The number of hydrogen-bond acceptors (Lipinski definition) is 5. The Bertz CT molecular complexity index is 1340. The minimum atomic E-state index is -0.108. The number of rotatable bonds is 8. The maximum atomic E-state index is 13.7. The van der Waals surface area contributed by atoms with Gasteiger partial charge in [-0.3, -0.25) is 19.2 Å². The monoisotopic (exact) mass is 592 g/mol. The van der Waals surface area contributed by atoms with E-state index in [1.807, 2.05) is 45.9 Å². The van der Waals surface area contributed by atoms with Crippen molar-refractivity contribution >= 4 is 40.8 Å². The molecule has 42 heavy (non-hydrogen) atoms. The summed E-state index contributed by atoms with van der Waals surface area (Å²) >= 11 is 6.46. The van der Waals surface area contributed by atoms with Crippen LogP contribution in [-0.2, 0) is 9.59 Å². The molecule has 0 radical (unpaired) electrons. The number of carbonyl (C=O) groups is 4. The van der Waals surface area contributed by atoms with Gasteiger partial charge in [-0.15, -0.1) is 0 Å². The maximum absolute atomic E-state index is 13.7. The molecule has 3 aliphatic rings. The standard InChI is InChI=1S/C33H41ClN4O4/c1-22-9-10-28(17-31(22)34)38(32(41)25-11-15-36(16-12-25)24(3)40)14-6-13-35-18-26-20-37(21-27(26)19-35)33(42)30-8-5-4-7-29(30)23(2)39/h4-5,7-10,17,25-27H,6,11-16,18-21H2,1-3H3. The van der Waals surface area contributed by atoms with Crippen molar-refractivity contribution in [3.8, 4) is 0 Å². The summed E-state index contributed by atoms with van der Waals surface area (Å²) in [7, 11) is 0. The number of anilines is 1. The molecule has 3 saturated heterocycles. The molecule has 3 fully saturated rings. The second-order valence-electron chi connectivity index (χ2n) is 12.1. The van der Waals surface area contributed by atoms with E-state index in [0.717, 1.165) is 37.3 Å². The molecule has 2 aromatic rings. The van der Waals surface area contributed by atoms with Crippen molar-refractivity contribution < 1.29 is 19.2 Å². The highest BCUT2D eigenvalue weighted by atomic mass is 35.5. The Morgan fingerprint density at radius 3 is 2.12 bits per heavy atom. The highest BCUT2D eigenvalue weighted by molar-refractivity contribution is 6.31. The number of ketones is 1. The van der Waals surface area contributed by atoms with E-state index in [-0.39, 0.29) is 29.4 Å². The van der Waals surface area contributed by atoms with Crippen LogP contribution in [0, 0.1) is 24.7 Å². The van der Waals surface area contributed by atoms with Gasteiger partial charge in [0.25, 0.3) is 5.91 Å². The summed E-state index contributed by atoms with van der Waals surface area (Å²) in [5, 5.41) is 0.647. The topological polar surface area (TPSA) is 81.2 Å². The average molecular weight is 593 g/mol. The third-order valence-electron chi connectivity index (χ3n) is 9.26. The van der Waals surface area contributed by atoms with Crippen molar-refractivity contribution in [2.75, 3.05) is 57.3 Å². The molecule has 224 valence electrons. The second-order valence-corrected chi connectivity index (χ2v) is 12.6. The smallest absolute Gasteiger partial charge is 0.254 e. The number of carbonyl (C=O) groups excluding carboxylic acids is 4. The van der Waals surface area contributed by atoms with Gasteiger partial charge in [-0.25, -0.2) is 0 Å². The normalized spacial score (nSPS) is 21.0. The Labute approximate surface area is 253 Å². The summed E-state index contributed by atoms with van der Waals surface area (Å²) in [6, 6.07) is 12.9. The van der Waals surface area contributed by atoms with Gasteiger partial charge in [0.05, 0.1) is 5.56 Å². The average Bonchev–Trinajstić information content (AvgIpc) is 3.55. The molecule has 2 aromatic carbocycles. The molecule has 0 aliphatic carbocycles. The Morgan fingerprint density at radius 1 is 0.881 bits per heavy atom. The minimum Gasteiger partial charge on any atom is -0.343 e. The van der Waals surface area contributed by atoms with Crippen LogP contribution in [0.15, 0.2) is 42.5 Å². The summed E-state index contributed by atoms with van der Waals surface area (Å²) in [4.78, 5) is 58.9. The zero-order valence-corrected chi connectivity index (χ0v) is 25.6. The lowest BCUT2D eigenvalue weighted by Crippen LogP contribution is -2.44. The molecule has 0 saturated carbocycles. The molecule has 3 amide bonds. The number of benzene rings is 2. The molecular formula is C33H41ClN4O4. The number of Topliss-reactive ketones (excluding diaryl/α,β-unsaturated/α-hetero) is 1. The molecule has 2 atom stereocenters. The fraction of sp³-hybridized carbons (Fsp3) is 0.515. The lowest BCUT2D eigenvalue weighted by atomic mass is 9.94. The van der Waals surface area contributed by atoms with Gasteiger partial charge >= 0.3 is 0 Å². The molecule has 2 unspecified atom stereocenters. The van der Waals surface area contributed by atoms with Crippen LogP contribution in [-0.4, -0.2) is 90.6 Å². The molecule has 5 rings (SSSR count). The Morgan fingerprint density at radius 2 is 1.52 bits per heavy atom. The largest absolute Gasteiger partial charge is 0.343 e. The van der Waals surface area contributed by atoms with Crippen LogP contribution >= 0.6 is 11.6 Å². The first-order chi connectivity index (χ1) is 20.1. The molecule has 0 aromatic heterocycles. The van der Waals surface area contributed by atoms with Gasteiger partial charge in [0.15, 0.2) is 5.78 Å². The van der Waals surface area contributed by atoms with Gasteiger partial charge in [0.1, 0.15) is 0 Å². The van der Waals surface area contributed by atoms with E-state index in [1.165, 1.54) is 6.92 Å². The Hall–Kier alpha value is -3.23. The zero-order valence-electron chi connectivity index (χ0n) is 24.9. The van der Waals surface area contributed by atoms with Crippen molar-refractivity contribution in [1.82, 2.24) is 14.7 Å². The van der Waals surface area contributed by atoms with Crippen LogP contribution in [0.25, 0.3) is 0 Å². The molecule has 0 bridgehead atoms. The molecule has 3 aliphatic heterocycles. The van der Waals surface area contributed by atoms with Crippen molar-refractivity contribution in [3.63, 3.8) is 0 Å². The first-order valence-electron chi connectivity index (χ1n) is 15.1. The first-order valence-corrected chi connectivity index (χ1v) is 15.4. The maximum Gasteiger partial charge on any atom is 0.254 e. The summed E-state index contributed by atoms with van der Waals surface area (Å²) in [6.07, 6.45) is 2.18. The van der Waals surface area contributed by atoms with E-state index in [4.69, 9.17) is 11.6 Å². The zero-order chi connectivity index (χ0) is 30.0. The van der Waals surface area contributed by atoms with E-state index in [1.54, 1.807) is 25.1 Å². The third kappa shape index (κ3) is 6.55. The van der Waals surface area contributed by atoms with E-state index < -0.39 is 0 Å². The van der Waals surface area contributed by atoms with Crippen LogP contribution in [0.3, 0.4) is 0 Å². The number of amides is 3. The molecule has 3 heterocycles. The predicted octanol–water partition coefficient (Wildman–Crippen LogP) is 4.54. The number of halogens is 1. The summed E-state index contributed by atoms with van der Waals surface area (Å²) < 4.78 is 0. The molecule has 9 heteroatoms. The van der Waals surface area contributed by atoms with Gasteiger partial charge in [-0.2, -0.15) is 0 Å². The van der Waals surface area contributed by atoms with Crippen LogP contribution in [0.5, 0.6) is 0 Å². The van der Waals surface area contributed by atoms with E-state index in [9.17, 15) is 19.2 Å². The van der Waals surface area contributed by atoms with E-state index in [2.05, 4.69) is 4.90 Å². The second kappa shape index (κ2) is 13.0. The fourth-order valence-electron chi connectivity index (χ4n) is 6.82. The number of hydrogen-bond donors (Lipinski definition) is 0. The highest BCUT2D eigenvalue weighted by Gasteiger charge is 2.42. The van der Waals surface area contributed by atoms with Crippen molar-refractivity contribution in [2.24, 2.45) is 17.8 Å². The van der Waals surface area contributed by atoms with Crippen LogP contribution in [0.4, 0.5) is 5.69 Å². The minimum absolute atomic E-state index is 0.0539. The lowest BCUT2D eigenvalue weighted by Gasteiger charge is -2.34. The number of nitrogens with zero attached hydrogens (tertiary/aromatic N) is 4. The fourth-order valence-corrected chi connectivity index (χ4v) is 6.99. The highest BCUT2D eigenvalue weighted by Crippen LogP contribution is 2.33. The number of aryl methyl sites for hydroxylation is 1. The molecular weight excluding hydrogens is 552 g/mol. The van der Waals surface area contributed by atoms with Crippen molar-refractivity contribution in [1.29, 1.82) is 0 Å². The predicted molar refractivity (Wildman–Crippen MR) is 164 cm³/mol. The van der Waals surface area contributed by atoms with Gasteiger partial charge in [0, 0.05) is 74.9 Å². The number of piperidine rings is 1. The quantitative estimate of drug-likeness (QED) is 0.421. The van der Waals surface area contributed by atoms with Gasteiger partial charge < -0.3 is 19.6 Å². The van der Waals surface area contributed by atoms with Gasteiger partial charge in [0.2, 0.25) is 11.8 Å². The summed E-state index contributed by atoms with van der Waals surface area (Å²) in [5.41, 5.74) is 2.78. The molecule has 0 N–H and O–H groups in total. The van der Waals surface area contributed by atoms with Crippen LogP contribution in [0.1, 0.15) is 59.4 Å². The van der Waals surface area contributed by atoms with Crippen LogP contribution in [0.2, 0.25) is 5.02 Å². The molecule has 0 spiro atoms. The van der Waals surface area contributed by atoms with Crippen LogP contribution < -0.4 is 4.90 Å². The van der Waals surface area contributed by atoms with Gasteiger partial charge in [-0.1, -0.05) is 35.9 Å². The number of fused-ring (bicyclic) bond motifs is 1. The van der Waals surface area contributed by atoms with Crippen molar-refractivity contribution in [3.05, 3.63) is 64.2 Å². The van der Waals surface area contributed by atoms with E-state index in [0.29, 0.717) is 73.6 Å². The third-order valence-corrected chi connectivity index (χ3v) is 9.67. The van der Waals surface area contributed by atoms with E-state index >= 15 is 0 Å². The van der Waals surface area contributed by atoms with Crippen molar-refractivity contribution in [2.45, 2.75) is 40.0 Å². The summed E-state index contributed by atoms with van der Waals surface area (Å²) in [6.45, 7) is 11.0. The number of likely N-dealkylation sites (tertiary alicyclic amines) is 3. The lowest BCUT2D eigenvalue weighted by molar-refractivity contribution is -0.133. The first kappa shape index (κ1) is 30.2. The Kier molecular flexibility index (Phi) is 9.33. The van der Waals surface area contributed by atoms with Gasteiger partial charge in [-0.05, 0) is 75.3 Å². The SMILES string of the molecule is CC(=O)c1ccccc1C(=O)N1CC2CN(CCCN(C(=O)C3CCN(C(C)=O)CC3)c3ccc(C)c(Cl)c3)CC2C1. The summed E-state index contributed by atoms with van der Waals surface area (Å²) in [5.74, 6) is 0.747. The Balaban J connectivity index is 1.17.